The second-order valence-electron chi connectivity index (χ2n) is 5.41. The Labute approximate surface area is 152 Å². The summed E-state index contributed by atoms with van der Waals surface area (Å²) >= 11 is 6.10. The van der Waals surface area contributed by atoms with Gasteiger partial charge in [0.2, 0.25) is 0 Å². The van der Waals surface area contributed by atoms with Crippen LogP contribution in [0.5, 0.6) is 0 Å². The van der Waals surface area contributed by atoms with Gasteiger partial charge < -0.3 is 10.2 Å². The van der Waals surface area contributed by atoms with Crippen LogP contribution in [0, 0.1) is 0 Å². The van der Waals surface area contributed by atoms with E-state index in [2.05, 4.69) is 22.1 Å². The van der Waals surface area contributed by atoms with E-state index in [4.69, 9.17) is 11.6 Å². The Balaban J connectivity index is 1.86. The first kappa shape index (κ1) is 17.0. The number of aromatic nitrogens is 1. The molecule has 0 aliphatic carbocycles. The Morgan fingerprint density at radius 1 is 1.04 bits per heavy atom. The summed E-state index contributed by atoms with van der Waals surface area (Å²) in [6.45, 7) is 2.84. The van der Waals surface area contributed by atoms with Crippen LogP contribution in [0.15, 0.2) is 72.9 Å². The van der Waals surface area contributed by atoms with Gasteiger partial charge in [-0.2, -0.15) is 0 Å². The lowest BCUT2D eigenvalue weighted by Gasteiger charge is -2.23. The van der Waals surface area contributed by atoms with Crippen molar-refractivity contribution >= 4 is 34.6 Å². The van der Waals surface area contributed by atoms with E-state index in [1.54, 1.807) is 24.4 Å². The van der Waals surface area contributed by atoms with Crippen LogP contribution in [-0.2, 0) is 0 Å². The lowest BCUT2D eigenvalue weighted by Crippen LogP contribution is -2.18. The minimum Gasteiger partial charge on any atom is -0.342 e. The molecule has 0 saturated carbocycles. The fourth-order valence-corrected chi connectivity index (χ4v) is 2.77. The van der Waals surface area contributed by atoms with Gasteiger partial charge in [-0.05, 0) is 43.3 Å². The molecule has 1 amide bonds. The van der Waals surface area contributed by atoms with E-state index in [1.165, 1.54) is 0 Å². The normalized spacial score (nSPS) is 10.3. The Morgan fingerprint density at radius 3 is 2.48 bits per heavy atom. The molecule has 0 saturated heterocycles. The molecule has 1 N–H and O–H groups in total. The lowest BCUT2D eigenvalue weighted by molar-refractivity contribution is 0.102. The first-order valence-corrected chi connectivity index (χ1v) is 8.41. The van der Waals surface area contributed by atoms with E-state index >= 15 is 0 Å². The number of nitrogens with zero attached hydrogens (tertiary/aromatic N) is 2. The van der Waals surface area contributed by atoms with Crippen molar-refractivity contribution in [3.63, 3.8) is 0 Å². The number of para-hydroxylation sites is 2. The van der Waals surface area contributed by atoms with Crippen molar-refractivity contribution in [1.29, 1.82) is 0 Å². The van der Waals surface area contributed by atoms with Crippen molar-refractivity contribution in [2.45, 2.75) is 6.92 Å². The summed E-state index contributed by atoms with van der Waals surface area (Å²) in [6.07, 6.45) is 1.64. The van der Waals surface area contributed by atoms with Crippen LogP contribution in [0.3, 0.4) is 0 Å². The van der Waals surface area contributed by atoms with Gasteiger partial charge in [-0.1, -0.05) is 41.9 Å². The molecule has 0 aliphatic heterocycles. The highest BCUT2D eigenvalue weighted by Crippen LogP contribution is 2.26. The van der Waals surface area contributed by atoms with Crippen molar-refractivity contribution < 1.29 is 4.79 Å². The number of nitrogens with one attached hydrogen (secondary N) is 1. The van der Waals surface area contributed by atoms with Crippen LogP contribution in [-0.4, -0.2) is 17.4 Å². The molecule has 3 rings (SSSR count). The van der Waals surface area contributed by atoms with E-state index in [-0.39, 0.29) is 5.91 Å². The zero-order valence-electron chi connectivity index (χ0n) is 13.8. The van der Waals surface area contributed by atoms with Gasteiger partial charge in [-0.25, -0.2) is 0 Å². The van der Waals surface area contributed by atoms with Gasteiger partial charge in [0.15, 0.2) is 0 Å². The highest BCUT2D eigenvalue weighted by Gasteiger charge is 2.13. The summed E-state index contributed by atoms with van der Waals surface area (Å²) in [6, 6.07) is 20.8. The fourth-order valence-electron chi connectivity index (χ4n) is 2.58. The van der Waals surface area contributed by atoms with Crippen LogP contribution < -0.4 is 10.2 Å². The Morgan fingerprint density at radius 2 is 1.76 bits per heavy atom. The van der Waals surface area contributed by atoms with Gasteiger partial charge in [0.25, 0.3) is 5.91 Å². The highest BCUT2D eigenvalue weighted by molar-refractivity contribution is 6.33. The number of amides is 1. The van der Waals surface area contributed by atoms with Crippen molar-refractivity contribution in [3.8, 4) is 0 Å². The van der Waals surface area contributed by atoms with Gasteiger partial charge in [-0.15, -0.1) is 0 Å². The topological polar surface area (TPSA) is 45.2 Å². The lowest BCUT2D eigenvalue weighted by atomic mass is 10.2. The number of carbonyl (C=O) groups is 1. The highest BCUT2D eigenvalue weighted by atomic mass is 35.5. The van der Waals surface area contributed by atoms with E-state index in [1.807, 2.05) is 48.5 Å². The van der Waals surface area contributed by atoms with E-state index in [0.29, 0.717) is 16.4 Å². The molecule has 0 atom stereocenters. The molecule has 5 heteroatoms. The summed E-state index contributed by atoms with van der Waals surface area (Å²) in [5, 5.41) is 3.29. The summed E-state index contributed by atoms with van der Waals surface area (Å²) < 4.78 is 0. The molecular formula is C20H18ClN3O. The first-order valence-electron chi connectivity index (χ1n) is 8.03. The molecule has 2 aromatic carbocycles. The third-order valence-electron chi connectivity index (χ3n) is 3.79. The predicted octanol–water partition coefficient (Wildman–Crippen LogP) is 5.15. The monoisotopic (exact) mass is 351 g/mol. The molecule has 0 spiro atoms. The Bertz CT molecular complexity index is 868. The molecule has 0 fully saturated rings. The third kappa shape index (κ3) is 3.98. The molecule has 1 heterocycles. The average Bonchev–Trinajstić information content (AvgIpc) is 2.65. The number of rotatable bonds is 5. The number of hydrogen-bond donors (Lipinski definition) is 1. The quantitative estimate of drug-likeness (QED) is 0.691. The van der Waals surface area contributed by atoms with Crippen LogP contribution in [0.25, 0.3) is 0 Å². The van der Waals surface area contributed by atoms with Gasteiger partial charge in [0.05, 0.1) is 10.7 Å². The number of benzene rings is 2. The minimum absolute atomic E-state index is 0.293. The number of pyridine rings is 1. The van der Waals surface area contributed by atoms with Gasteiger partial charge in [-0.3, -0.25) is 9.78 Å². The fraction of sp³-hybridized carbons (Fsp3) is 0.100. The summed E-state index contributed by atoms with van der Waals surface area (Å²) in [7, 11) is 0. The Hall–Kier alpha value is -2.85. The molecule has 4 nitrogen and oxygen atoms in total. The molecule has 126 valence electrons. The number of hydrogen-bond acceptors (Lipinski definition) is 3. The molecule has 25 heavy (non-hydrogen) atoms. The smallest absolute Gasteiger partial charge is 0.274 e. The van der Waals surface area contributed by atoms with E-state index < -0.39 is 0 Å². The van der Waals surface area contributed by atoms with Crippen molar-refractivity contribution in [3.05, 3.63) is 83.6 Å². The maximum Gasteiger partial charge on any atom is 0.274 e. The Kier molecular flexibility index (Phi) is 5.31. The predicted molar refractivity (Wildman–Crippen MR) is 103 cm³/mol. The maximum absolute atomic E-state index is 12.5. The molecule has 0 radical (unpaired) electrons. The molecule has 1 aromatic heterocycles. The summed E-state index contributed by atoms with van der Waals surface area (Å²) in [5.41, 5.74) is 2.88. The number of carbonyl (C=O) groups excluding carboxylic acids is 1. The van der Waals surface area contributed by atoms with E-state index in [9.17, 15) is 4.79 Å². The summed E-state index contributed by atoms with van der Waals surface area (Å²) in [4.78, 5) is 18.8. The zero-order valence-corrected chi connectivity index (χ0v) is 14.6. The molecule has 0 bridgehead atoms. The average molecular weight is 352 g/mol. The summed E-state index contributed by atoms with van der Waals surface area (Å²) in [5.74, 6) is -0.293. The van der Waals surface area contributed by atoms with Gasteiger partial charge in [0.1, 0.15) is 5.69 Å². The second-order valence-corrected chi connectivity index (χ2v) is 5.82. The largest absolute Gasteiger partial charge is 0.342 e. The molecular weight excluding hydrogens is 334 g/mol. The maximum atomic E-state index is 12.5. The standard InChI is InChI=1S/C20H18ClN3O/c1-2-24(15-8-4-3-5-9-15)16-12-13-22-19(14-16)20(25)23-18-11-7-6-10-17(18)21/h3-14H,2H2,1H3,(H,23,25). The molecule has 0 aliphatic rings. The van der Waals surface area contributed by atoms with Crippen molar-refractivity contribution in [2.24, 2.45) is 0 Å². The van der Waals surface area contributed by atoms with Gasteiger partial charge >= 0.3 is 0 Å². The van der Waals surface area contributed by atoms with Crippen LogP contribution in [0.2, 0.25) is 5.02 Å². The first-order chi connectivity index (χ1) is 12.2. The molecule has 0 unspecified atom stereocenters. The van der Waals surface area contributed by atoms with E-state index in [0.717, 1.165) is 17.9 Å². The third-order valence-corrected chi connectivity index (χ3v) is 4.12. The zero-order chi connectivity index (χ0) is 17.6. The van der Waals surface area contributed by atoms with Crippen LogP contribution >= 0.6 is 11.6 Å². The van der Waals surface area contributed by atoms with Crippen molar-refractivity contribution in [2.75, 3.05) is 16.8 Å². The SMILES string of the molecule is CCN(c1ccccc1)c1ccnc(C(=O)Nc2ccccc2Cl)c1. The number of anilines is 3. The van der Waals surface area contributed by atoms with Crippen LogP contribution in [0.1, 0.15) is 17.4 Å². The van der Waals surface area contributed by atoms with Gasteiger partial charge in [0, 0.05) is 24.1 Å². The second kappa shape index (κ2) is 7.81. The molecule has 3 aromatic rings. The minimum atomic E-state index is -0.293. The number of halogens is 1. The van der Waals surface area contributed by atoms with Crippen molar-refractivity contribution in [1.82, 2.24) is 4.98 Å². The van der Waals surface area contributed by atoms with Crippen LogP contribution in [0.4, 0.5) is 17.1 Å².